The SMILES string of the molecule is NC1COCCC1CCO. The normalized spacial score (nSPS) is 34.2. The molecule has 2 atom stereocenters. The summed E-state index contributed by atoms with van der Waals surface area (Å²) in [6.45, 7) is 1.71. The van der Waals surface area contributed by atoms with Gasteiger partial charge in [0.05, 0.1) is 6.61 Å². The molecule has 1 aliphatic heterocycles. The zero-order chi connectivity index (χ0) is 7.40. The molecule has 0 radical (unpaired) electrons. The minimum atomic E-state index is 0.140. The second-order valence-corrected chi connectivity index (χ2v) is 2.80. The molecule has 0 aliphatic carbocycles. The van der Waals surface area contributed by atoms with Crippen LogP contribution in [-0.4, -0.2) is 31.0 Å². The van der Waals surface area contributed by atoms with E-state index in [1.807, 2.05) is 0 Å². The Kier molecular flexibility index (Phi) is 3.12. The molecule has 1 fully saturated rings. The number of ether oxygens (including phenoxy) is 1. The lowest BCUT2D eigenvalue weighted by Crippen LogP contribution is -2.39. The standard InChI is InChI=1S/C7H15NO2/c8-7-5-10-4-2-6(7)1-3-9/h6-7,9H,1-5,8H2. The molecule has 3 nitrogen and oxygen atoms in total. The fourth-order valence-electron chi connectivity index (χ4n) is 1.33. The molecule has 1 saturated heterocycles. The molecule has 0 spiro atoms. The highest BCUT2D eigenvalue weighted by molar-refractivity contribution is 4.75. The van der Waals surface area contributed by atoms with Gasteiger partial charge in [-0.15, -0.1) is 0 Å². The van der Waals surface area contributed by atoms with E-state index in [2.05, 4.69) is 0 Å². The van der Waals surface area contributed by atoms with Gasteiger partial charge in [-0.25, -0.2) is 0 Å². The van der Waals surface area contributed by atoms with E-state index in [9.17, 15) is 0 Å². The van der Waals surface area contributed by atoms with Gasteiger partial charge in [-0.2, -0.15) is 0 Å². The van der Waals surface area contributed by atoms with Crippen LogP contribution >= 0.6 is 0 Å². The van der Waals surface area contributed by atoms with Crippen molar-refractivity contribution in [3.8, 4) is 0 Å². The lowest BCUT2D eigenvalue weighted by molar-refractivity contribution is 0.0409. The highest BCUT2D eigenvalue weighted by Gasteiger charge is 2.21. The maximum atomic E-state index is 8.64. The third-order valence-electron chi connectivity index (χ3n) is 2.05. The summed E-state index contributed by atoms with van der Waals surface area (Å²) in [6, 6.07) is 0.140. The fourth-order valence-corrected chi connectivity index (χ4v) is 1.33. The summed E-state index contributed by atoms with van der Waals surface area (Å²) in [7, 11) is 0. The van der Waals surface area contributed by atoms with Gasteiger partial charge in [0.15, 0.2) is 0 Å². The Hall–Kier alpha value is -0.120. The largest absolute Gasteiger partial charge is 0.396 e. The maximum absolute atomic E-state index is 8.64. The Labute approximate surface area is 61.2 Å². The van der Waals surface area contributed by atoms with Crippen molar-refractivity contribution in [1.29, 1.82) is 0 Å². The minimum absolute atomic E-state index is 0.140. The Morgan fingerprint density at radius 2 is 2.40 bits per heavy atom. The van der Waals surface area contributed by atoms with E-state index in [0.29, 0.717) is 12.5 Å². The number of hydrogen-bond donors (Lipinski definition) is 2. The quantitative estimate of drug-likeness (QED) is 0.562. The number of hydrogen-bond acceptors (Lipinski definition) is 3. The molecule has 1 aliphatic rings. The van der Waals surface area contributed by atoms with Gasteiger partial charge in [-0.1, -0.05) is 0 Å². The molecule has 0 aromatic rings. The highest BCUT2D eigenvalue weighted by atomic mass is 16.5. The van der Waals surface area contributed by atoms with Crippen LogP contribution in [0, 0.1) is 5.92 Å². The molecule has 0 amide bonds. The first-order chi connectivity index (χ1) is 4.84. The van der Waals surface area contributed by atoms with Gasteiger partial charge in [0.1, 0.15) is 0 Å². The number of aliphatic hydroxyl groups is 1. The Morgan fingerprint density at radius 1 is 1.60 bits per heavy atom. The van der Waals surface area contributed by atoms with Crippen molar-refractivity contribution in [1.82, 2.24) is 0 Å². The first-order valence-corrected chi connectivity index (χ1v) is 3.78. The Morgan fingerprint density at radius 3 is 3.00 bits per heavy atom. The van der Waals surface area contributed by atoms with Gasteiger partial charge >= 0.3 is 0 Å². The van der Waals surface area contributed by atoms with Crippen LogP contribution in [0.1, 0.15) is 12.8 Å². The van der Waals surface area contributed by atoms with Crippen molar-refractivity contribution < 1.29 is 9.84 Å². The second-order valence-electron chi connectivity index (χ2n) is 2.80. The zero-order valence-electron chi connectivity index (χ0n) is 6.12. The average molecular weight is 145 g/mol. The summed E-state index contributed by atoms with van der Waals surface area (Å²) in [6.07, 6.45) is 1.83. The zero-order valence-corrected chi connectivity index (χ0v) is 6.12. The van der Waals surface area contributed by atoms with E-state index >= 15 is 0 Å². The van der Waals surface area contributed by atoms with E-state index in [-0.39, 0.29) is 12.6 Å². The fraction of sp³-hybridized carbons (Fsp3) is 1.00. The number of aliphatic hydroxyl groups excluding tert-OH is 1. The maximum Gasteiger partial charge on any atom is 0.0620 e. The van der Waals surface area contributed by atoms with Crippen LogP contribution in [-0.2, 0) is 4.74 Å². The van der Waals surface area contributed by atoms with Crippen molar-refractivity contribution in [2.24, 2.45) is 11.7 Å². The van der Waals surface area contributed by atoms with E-state index < -0.39 is 0 Å². The van der Waals surface area contributed by atoms with Crippen molar-refractivity contribution in [2.75, 3.05) is 19.8 Å². The van der Waals surface area contributed by atoms with Crippen LogP contribution in [0.5, 0.6) is 0 Å². The number of rotatable bonds is 2. The molecule has 60 valence electrons. The molecule has 3 N–H and O–H groups in total. The summed E-state index contributed by atoms with van der Waals surface area (Å²) in [5.41, 5.74) is 5.73. The van der Waals surface area contributed by atoms with E-state index in [1.54, 1.807) is 0 Å². The molecule has 1 heterocycles. The molecular weight excluding hydrogens is 130 g/mol. The molecule has 1 rings (SSSR count). The van der Waals surface area contributed by atoms with Crippen LogP contribution in [0.15, 0.2) is 0 Å². The molecule has 0 aromatic carbocycles. The summed E-state index contributed by atoms with van der Waals surface area (Å²) in [5, 5.41) is 8.64. The molecule has 2 unspecified atom stereocenters. The minimum Gasteiger partial charge on any atom is -0.396 e. The summed E-state index contributed by atoms with van der Waals surface area (Å²) >= 11 is 0. The second kappa shape index (κ2) is 3.91. The van der Waals surface area contributed by atoms with Crippen LogP contribution in [0.4, 0.5) is 0 Å². The molecular formula is C7H15NO2. The summed E-state index contributed by atoms with van der Waals surface area (Å²) < 4.78 is 5.15. The van der Waals surface area contributed by atoms with Crippen molar-refractivity contribution >= 4 is 0 Å². The Balaban J connectivity index is 2.25. The first-order valence-electron chi connectivity index (χ1n) is 3.78. The average Bonchev–Trinajstić information content (AvgIpc) is 1.94. The van der Waals surface area contributed by atoms with Gasteiger partial charge in [-0.05, 0) is 18.8 Å². The molecule has 0 bridgehead atoms. The lowest BCUT2D eigenvalue weighted by Gasteiger charge is -2.27. The van der Waals surface area contributed by atoms with E-state index in [4.69, 9.17) is 15.6 Å². The van der Waals surface area contributed by atoms with Crippen LogP contribution in [0.25, 0.3) is 0 Å². The van der Waals surface area contributed by atoms with Crippen LogP contribution in [0.2, 0.25) is 0 Å². The molecule has 10 heavy (non-hydrogen) atoms. The topological polar surface area (TPSA) is 55.5 Å². The third-order valence-corrected chi connectivity index (χ3v) is 2.05. The summed E-state index contributed by atoms with van der Waals surface area (Å²) in [5.74, 6) is 0.471. The van der Waals surface area contributed by atoms with Gasteiger partial charge in [0.2, 0.25) is 0 Å². The number of nitrogens with two attached hydrogens (primary N) is 1. The van der Waals surface area contributed by atoms with Crippen LogP contribution < -0.4 is 5.73 Å². The van der Waals surface area contributed by atoms with Gasteiger partial charge in [0.25, 0.3) is 0 Å². The predicted molar refractivity (Wildman–Crippen MR) is 38.6 cm³/mol. The van der Waals surface area contributed by atoms with Crippen molar-refractivity contribution in [3.05, 3.63) is 0 Å². The van der Waals surface area contributed by atoms with Gasteiger partial charge in [0, 0.05) is 19.3 Å². The molecule has 0 aromatic heterocycles. The monoisotopic (exact) mass is 145 g/mol. The summed E-state index contributed by atoms with van der Waals surface area (Å²) in [4.78, 5) is 0. The van der Waals surface area contributed by atoms with Crippen molar-refractivity contribution in [3.63, 3.8) is 0 Å². The third kappa shape index (κ3) is 1.94. The first kappa shape index (κ1) is 7.98. The highest BCUT2D eigenvalue weighted by Crippen LogP contribution is 2.16. The predicted octanol–water partition coefficient (Wildman–Crippen LogP) is -0.267. The van der Waals surface area contributed by atoms with E-state index in [0.717, 1.165) is 19.4 Å². The lowest BCUT2D eigenvalue weighted by atomic mass is 9.93. The molecule has 3 heteroatoms. The Bertz CT molecular complexity index is 95.6. The van der Waals surface area contributed by atoms with Gasteiger partial charge in [-0.3, -0.25) is 0 Å². The van der Waals surface area contributed by atoms with Gasteiger partial charge < -0.3 is 15.6 Å². The van der Waals surface area contributed by atoms with Crippen molar-refractivity contribution in [2.45, 2.75) is 18.9 Å². The smallest absolute Gasteiger partial charge is 0.0620 e. The molecule has 0 saturated carbocycles. The van der Waals surface area contributed by atoms with E-state index in [1.165, 1.54) is 0 Å². The van der Waals surface area contributed by atoms with Crippen LogP contribution in [0.3, 0.4) is 0 Å².